The predicted octanol–water partition coefficient (Wildman–Crippen LogP) is 4.97. The number of fused-ring (bicyclic) bond motifs is 4. The quantitative estimate of drug-likeness (QED) is 0.462. The molecule has 1 unspecified atom stereocenters. The average Bonchev–Trinajstić information content (AvgIpc) is 3.21. The summed E-state index contributed by atoms with van der Waals surface area (Å²) in [5.74, 6) is 1.29. The van der Waals surface area contributed by atoms with Crippen molar-refractivity contribution in [1.82, 2.24) is 19.2 Å². The number of nitrogens with zero attached hydrogens (tertiary/aromatic N) is 3. The Bertz CT molecular complexity index is 1340. The molecule has 1 aliphatic carbocycles. The second-order valence-corrected chi connectivity index (χ2v) is 10.5. The SMILES string of the molecule is CC(C)(C)C1CCc2c(sc3c(c2=O)n(Cc2ccccc2)c2n[nH]c(=S)n32)C1. The van der Waals surface area contributed by atoms with E-state index in [0.717, 1.165) is 40.7 Å². The maximum absolute atomic E-state index is 13.6. The molecule has 1 aromatic carbocycles. The van der Waals surface area contributed by atoms with Crippen molar-refractivity contribution in [3.8, 4) is 0 Å². The first-order valence-corrected chi connectivity index (χ1v) is 11.2. The van der Waals surface area contributed by atoms with E-state index >= 15 is 0 Å². The molecule has 0 saturated carbocycles. The van der Waals surface area contributed by atoms with E-state index in [4.69, 9.17) is 12.2 Å². The molecule has 1 N–H and O–H groups in total. The summed E-state index contributed by atoms with van der Waals surface area (Å²) in [6.07, 6.45) is 2.89. The van der Waals surface area contributed by atoms with Crippen LogP contribution in [0.1, 0.15) is 43.2 Å². The van der Waals surface area contributed by atoms with Crippen LogP contribution in [-0.4, -0.2) is 19.2 Å². The molecule has 0 fully saturated rings. The Labute approximate surface area is 178 Å². The van der Waals surface area contributed by atoms with Crippen LogP contribution in [0.3, 0.4) is 0 Å². The lowest BCUT2D eigenvalue weighted by atomic mass is 9.72. The van der Waals surface area contributed by atoms with Gasteiger partial charge in [0.2, 0.25) is 16.0 Å². The number of rotatable bonds is 2. The molecule has 150 valence electrons. The van der Waals surface area contributed by atoms with Crippen molar-refractivity contribution in [3.63, 3.8) is 0 Å². The van der Waals surface area contributed by atoms with E-state index in [-0.39, 0.29) is 10.8 Å². The van der Waals surface area contributed by atoms with Gasteiger partial charge in [-0.25, -0.2) is 9.50 Å². The summed E-state index contributed by atoms with van der Waals surface area (Å²) in [6.45, 7) is 7.48. The van der Waals surface area contributed by atoms with Gasteiger partial charge < -0.3 is 0 Å². The molecular weight excluding hydrogens is 400 g/mol. The lowest BCUT2D eigenvalue weighted by Crippen LogP contribution is -2.29. The van der Waals surface area contributed by atoms with Crippen LogP contribution in [0.25, 0.3) is 16.1 Å². The van der Waals surface area contributed by atoms with Crippen molar-refractivity contribution < 1.29 is 0 Å². The minimum atomic E-state index is 0.150. The molecule has 0 radical (unpaired) electrons. The molecular formula is C22H24N4OS2. The van der Waals surface area contributed by atoms with E-state index in [0.29, 0.717) is 23.0 Å². The maximum atomic E-state index is 13.6. The minimum absolute atomic E-state index is 0.150. The molecule has 0 spiro atoms. The Morgan fingerprint density at radius 2 is 2.03 bits per heavy atom. The molecule has 7 heteroatoms. The van der Waals surface area contributed by atoms with Gasteiger partial charge in [0.05, 0.1) is 6.54 Å². The van der Waals surface area contributed by atoms with E-state index in [1.807, 2.05) is 27.2 Å². The lowest BCUT2D eigenvalue weighted by Gasteiger charge is -2.34. The third kappa shape index (κ3) is 2.99. The molecule has 5 rings (SSSR count). The normalized spacial score (nSPS) is 17.1. The van der Waals surface area contributed by atoms with Gasteiger partial charge in [-0.2, -0.15) is 0 Å². The Morgan fingerprint density at radius 3 is 2.76 bits per heavy atom. The average molecular weight is 425 g/mol. The van der Waals surface area contributed by atoms with Gasteiger partial charge in [-0.1, -0.05) is 51.1 Å². The number of H-pyrrole nitrogens is 1. The maximum Gasteiger partial charge on any atom is 0.236 e. The van der Waals surface area contributed by atoms with Gasteiger partial charge >= 0.3 is 0 Å². The number of imidazole rings is 1. The highest BCUT2D eigenvalue weighted by atomic mass is 32.1. The topological polar surface area (TPSA) is 55.1 Å². The molecule has 3 heterocycles. The van der Waals surface area contributed by atoms with Crippen LogP contribution in [0.5, 0.6) is 0 Å². The molecule has 0 bridgehead atoms. The summed E-state index contributed by atoms with van der Waals surface area (Å²) < 4.78 is 4.49. The minimum Gasteiger partial charge on any atom is -0.300 e. The van der Waals surface area contributed by atoms with E-state index in [1.54, 1.807) is 11.3 Å². The molecule has 5 nitrogen and oxygen atoms in total. The first kappa shape index (κ1) is 18.8. The highest BCUT2D eigenvalue weighted by Gasteiger charge is 2.32. The summed E-state index contributed by atoms with van der Waals surface area (Å²) in [6, 6.07) is 10.2. The fraction of sp³-hybridized carbons (Fsp3) is 0.409. The van der Waals surface area contributed by atoms with Crippen LogP contribution >= 0.6 is 23.6 Å². The predicted molar refractivity (Wildman–Crippen MR) is 121 cm³/mol. The highest BCUT2D eigenvalue weighted by molar-refractivity contribution is 7.71. The summed E-state index contributed by atoms with van der Waals surface area (Å²) in [4.78, 5) is 15.7. The Balaban J connectivity index is 1.77. The Morgan fingerprint density at radius 1 is 1.28 bits per heavy atom. The molecule has 0 saturated heterocycles. The van der Waals surface area contributed by atoms with Gasteiger partial charge in [0.15, 0.2) is 0 Å². The largest absolute Gasteiger partial charge is 0.300 e. The number of hydrogen-bond donors (Lipinski definition) is 1. The van der Waals surface area contributed by atoms with Crippen LogP contribution < -0.4 is 5.43 Å². The summed E-state index contributed by atoms with van der Waals surface area (Å²) in [7, 11) is 0. The first-order chi connectivity index (χ1) is 13.8. The molecule has 0 aliphatic heterocycles. The third-order valence-electron chi connectivity index (χ3n) is 6.20. The second-order valence-electron chi connectivity index (χ2n) is 9.03. The molecule has 0 amide bonds. The number of aromatic amines is 1. The lowest BCUT2D eigenvalue weighted by molar-refractivity contribution is 0.217. The van der Waals surface area contributed by atoms with Crippen LogP contribution in [0, 0.1) is 16.1 Å². The molecule has 1 aliphatic rings. The number of aromatic nitrogens is 4. The van der Waals surface area contributed by atoms with E-state index in [1.165, 1.54) is 4.88 Å². The number of benzene rings is 1. The van der Waals surface area contributed by atoms with E-state index in [9.17, 15) is 4.79 Å². The second kappa shape index (κ2) is 6.64. The standard InChI is InChI=1S/C22H24N4OS2/c1-22(2,3)14-9-10-15-16(11-14)29-19-17(18(15)27)25(12-13-7-5-4-6-8-13)20-23-24-21(28)26(19)20/h4-8,14H,9-12H2,1-3H3,(H,24,28). The summed E-state index contributed by atoms with van der Waals surface area (Å²) in [5, 5.41) is 7.36. The van der Waals surface area contributed by atoms with Crippen molar-refractivity contribution in [2.75, 3.05) is 0 Å². The van der Waals surface area contributed by atoms with E-state index < -0.39 is 0 Å². The Kier molecular flexibility index (Phi) is 4.29. The zero-order valence-electron chi connectivity index (χ0n) is 16.9. The van der Waals surface area contributed by atoms with Gasteiger partial charge in [0.1, 0.15) is 10.3 Å². The van der Waals surface area contributed by atoms with Crippen LogP contribution in [0.4, 0.5) is 0 Å². The van der Waals surface area contributed by atoms with Crippen molar-refractivity contribution in [2.45, 2.75) is 46.6 Å². The van der Waals surface area contributed by atoms with Crippen LogP contribution in [0.15, 0.2) is 35.1 Å². The molecule has 29 heavy (non-hydrogen) atoms. The van der Waals surface area contributed by atoms with Gasteiger partial charge in [0, 0.05) is 10.4 Å². The summed E-state index contributed by atoms with van der Waals surface area (Å²) in [5.41, 5.74) is 3.25. The van der Waals surface area contributed by atoms with E-state index in [2.05, 4.69) is 43.1 Å². The summed E-state index contributed by atoms with van der Waals surface area (Å²) >= 11 is 7.23. The zero-order valence-corrected chi connectivity index (χ0v) is 18.5. The smallest absolute Gasteiger partial charge is 0.236 e. The molecule has 4 aromatic rings. The fourth-order valence-electron chi connectivity index (χ4n) is 4.45. The monoisotopic (exact) mass is 424 g/mol. The van der Waals surface area contributed by atoms with Crippen LogP contribution in [-0.2, 0) is 19.4 Å². The number of hydrogen-bond acceptors (Lipinski definition) is 4. The third-order valence-corrected chi connectivity index (χ3v) is 7.70. The van der Waals surface area contributed by atoms with Crippen molar-refractivity contribution in [1.29, 1.82) is 0 Å². The first-order valence-electron chi connectivity index (χ1n) is 10.0. The van der Waals surface area contributed by atoms with Gasteiger partial charge in [-0.15, -0.1) is 16.4 Å². The Hall–Kier alpha value is -2.25. The fourth-order valence-corrected chi connectivity index (χ4v) is 6.13. The zero-order chi connectivity index (χ0) is 20.3. The highest BCUT2D eigenvalue weighted by Crippen LogP contribution is 2.39. The van der Waals surface area contributed by atoms with Crippen molar-refractivity contribution in [3.05, 3.63) is 61.3 Å². The molecule has 3 aromatic heterocycles. The van der Waals surface area contributed by atoms with Crippen molar-refractivity contribution >= 4 is 39.7 Å². The van der Waals surface area contributed by atoms with Gasteiger partial charge in [-0.05, 0) is 48.4 Å². The van der Waals surface area contributed by atoms with Gasteiger partial charge in [0.25, 0.3) is 0 Å². The number of nitrogens with one attached hydrogen (secondary N) is 1. The van der Waals surface area contributed by atoms with Gasteiger partial charge in [-0.3, -0.25) is 9.36 Å². The van der Waals surface area contributed by atoms with Crippen molar-refractivity contribution in [2.24, 2.45) is 11.3 Å². The molecule has 1 atom stereocenters. The van der Waals surface area contributed by atoms with Crippen LogP contribution in [0.2, 0.25) is 0 Å².